The number of rotatable bonds is 4. The van der Waals surface area contributed by atoms with Gasteiger partial charge in [-0.3, -0.25) is 4.98 Å². The van der Waals surface area contributed by atoms with Crippen LogP contribution in [0.5, 0.6) is 0 Å². The standard InChI is InChI=1S/C15H21N3/c1-4-13(10(2)3)18-14-7-8-17-15-9-11(16)5-6-12(14)15/h5-10,13H,4,16H2,1-3H3,(H,17,18). The van der Waals surface area contributed by atoms with Crippen LogP contribution < -0.4 is 11.1 Å². The van der Waals surface area contributed by atoms with Gasteiger partial charge < -0.3 is 11.1 Å². The Morgan fingerprint density at radius 3 is 2.72 bits per heavy atom. The van der Waals surface area contributed by atoms with Gasteiger partial charge in [-0.2, -0.15) is 0 Å². The summed E-state index contributed by atoms with van der Waals surface area (Å²) in [5.74, 6) is 0.604. The molecular formula is C15H21N3. The highest BCUT2D eigenvalue weighted by molar-refractivity contribution is 5.92. The van der Waals surface area contributed by atoms with E-state index in [0.717, 1.165) is 28.7 Å². The van der Waals surface area contributed by atoms with Gasteiger partial charge in [0.15, 0.2) is 0 Å². The van der Waals surface area contributed by atoms with Crippen LogP contribution in [0.25, 0.3) is 10.9 Å². The molecule has 0 aliphatic heterocycles. The molecule has 3 nitrogen and oxygen atoms in total. The van der Waals surface area contributed by atoms with E-state index in [1.54, 1.807) is 0 Å². The van der Waals surface area contributed by atoms with Gasteiger partial charge in [-0.15, -0.1) is 0 Å². The number of nitrogens with one attached hydrogen (secondary N) is 1. The highest BCUT2D eigenvalue weighted by atomic mass is 14.9. The molecule has 3 N–H and O–H groups in total. The average molecular weight is 243 g/mol. The highest BCUT2D eigenvalue weighted by Gasteiger charge is 2.12. The normalized spacial score (nSPS) is 12.9. The molecule has 1 aromatic heterocycles. The Kier molecular flexibility index (Phi) is 3.70. The number of benzene rings is 1. The summed E-state index contributed by atoms with van der Waals surface area (Å²) in [6.45, 7) is 6.68. The van der Waals surface area contributed by atoms with Gasteiger partial charge in [-0.05, 0) is 36.6 Å². The molecule has 0 amide bonds. The average Bonchev–Trinajstić information content (AvgIpc) is 2.35. The maximum absolute atomic E-state index is 5.79. The van der Waals surface area contributed by atoms with Crippen LogP contribution in [-0.2, 0) is 0 Å². The topological polar surface area (TPSA) is 50.9 Å². The molecular weight excluding hydrogens is 222 g/mol. The molecule has 1 heterocycles. The Hall–Kier alpha value is -1.77. The maximum Gasteiger partial charge on any atom is 0.0743 e. The maximum atomic E-state index is 5.79. The Bertz CT molecular complexity index is 534. The van der Waals surface area contributed by atoms with Crippen molar-refractivity contribution in [2.75, 3.05) is 11.1 Å². The third-order valence-corrected chi connectivity index (χ3v) is 3.35. The SMILES string of the molecule is CCC(Nc1ccnc2cc(N)ccc12)C(C)C. The minimum atomic E-state index is 0.480. The molecule has 1 unspecified atom stereocenters. The van der Waals surface area contributed by atoms with Gasteiger partial charge in [0.2, 0.25) is 0 Å². The second-order valence-electron chi connectivity index (χ2n) is 5.04. The quantitative estimate of drug-likeness (QED) is 0.806. The predicted octanol–water partition coefficient (Wildman–Crippen LogP) is 3.66. The van der Waals surface area contributed by atoms with Gasteiger partial charge in [0, 0.05) is 29.0 Å². The van der Waals surface area contributed by atoms with E-state index < -0.39 is 0 Å². The molecule has 0 aliphatic rings. The molecule has 0 spiro atoms. The second-order valence-corrected chi connectivity index (χ2v) is 5.04. The zero-order valence-electron chi connectivity index (χ0n) is 11.3. The first-order valence-corrected chi connectivity index (χ1v) is 6.52. The van der Waals surface area contributed by atoms with Gasteiger partial charge in [0.1, 0.15) is 0 Å². The van der Waals surface area contributed by atoms with Crippen LogP contribution in [0.3, 0.4) is 0 Å². The van der Waals surface area contributed by atoms with Crippen molar-refractivity contribution in [1.29, 1.82) is 0 Å². The van der Waals surface area contributed by atoms with Crippen LogP contribution in [0.4, 0.5) is 11.4 Å². The molecule has 0 saturated carbocycles. The number of anilines is 2. The molecule has 0 aliphatic carbocycles. The van der Waals surface area contributed by atoms with Crippen molar-refractivity contribution in [2.45, 2.75) is 33.2 Å². The zero-order chi connectivity index (χ0) is 13.1. The number of fused-ring (bicyclic) bond motifs is 1. The lowest BCUT2D eigenvalue weighted by Gasteiger charge is -2.22. The van der Waals surface area contributed by atoms with E-state index in [9.17, 15) is 0 Å². The summed E-state index contributed by atoms with van der Waals surface area (Å²) in [4.78, 5) is 4.36. The molecule has 3 heteroatoms. The van der Waals surface area contributed by atoms with Crippen LogP contribution in [0.1, 0.15) is 27.2 Å². The first-order chi connectivity index (χ1) is 8.61. The Balaban J connectivity index is 2.39. The molecule has 0 fully saturated rings. The van der Waals surface area contributed by atoms with Crippen molar-refractivity contribution in [2.24, 2.45) is 5.92 Å². The Morgan fingerprint density at radius 1 is 1.28 bits per heavy atom. The molecule has 1 aromatic carbocycles. The van der Waals surface area contributed by atoms with Gasteiger partial charge in [0.05, 0.1) is 5.52 Å². The van der Waals surface area contributed by atoms with Gasteiger partial charge in [0.25, 0.3) is 0 Å². The molecule has 2 aromatic rings. The molecule has 18 heavy (non-hydrogen) atoms. The first kappa shape index (κ1) is 12.7. The van der Waals surface area contributed by atoms with Crippen LogP contribution in [0, 0.1) is 5.92 Å². The van der Waals surface area contributed by atoms with E-state index >= 15 is 0 Å². The minimum absolute atomic E-state index is 0.480. The Labute approximate surface area is 108 Å². The summed E-state index contributed by atoms with van der Waals surface area (Å²) in [6.07, 6.45) is 2.94. The fraction of sp³-hybridized carbons (Fsp3) is 0.400. The van der Waals surface area contributed by atoms with Crippen molar-refractivity contribution in [3.63, 3.8) is 0 Å². The number of aromatic nitrogens is 1. The van der Waals surface area contributed by atoms with Gasteiger partial charge >= 0.3 is 0 Å². The lowest BCUT2D eigenvalue weighted by atomic mass is 10.0. The lowest BCUT2D eigenvalue weighted by molar-refractivity contribution is 0.511. The number of hydrogen-bond donors (Lipinski definition) is 2. The molecule has 2 rings (SSSR count). The molecule has 0 radical (unpaired) electrons. The van der Waals surface area contributed by atoms with Crippen LogP contribution in [-0.4, -0.2) is 11.0 Å². The summed E-state index contributed by atoms with van der Waals surface area (Å²) in [5, 5.41) is 4.74. The number of nitrogen functional groups attached to an aromatic ring is 1. The van der Waals surface area contributed by atoms with E-state index in [0.29, 0.717) is 12.0 Å². The van der Waals surface area contributed by atoms with Crippen molar-refractivity contribution < 1.29 is 0 Å². The smallest absolute Gasteiger partial charge is 0.0743 e. The van der Waals surface area contributed by atoms with Crippen molar-refractivity contribution in [3.8, 4) is 0 Å². The predicted molar refractivity (Wildman–Crippen MR) is 78.7 cm³/mol. The van der Waals surface area contributed by atoms with Crippen molar-refractivity contribution in [1.82, 2.24) is 4.98 Å². The van der Waals surface area contributed by atoms with Crippen LogP contribution in [0.2, 0.25) is 0 Å². The summed E-state index contributed by atoms with van der Waals surface area (Å²) < 4.78 is 0. The molecule has 96 valence electrons. The van der Waals surface area contributed by atoms with E-state index in [1.165, 1.54) is 0 Å². The Morgan fingerprint density at radius 2 is 2.06 bits per heavy atom. The van der Waals surface area contributed by atoms with E-state index in [1.807, 2.05) is 30.5 Å². The van der Waals surface area contributed by atoms with E-state index in [4.69, 9.17) is 5.73 Å². The number of hydrogen-bond acceptors (Lipinski definition) is 3. The van der Waals surface area contributed by atoms with Crippen LogP contribution in [0.15, 0.2) is 30.5 Å². The van der Waals surface area contributed by atoms with Crippen molar-refractivity contribution in [3.05, 3.63) is 30.5 Å². The monoisotopic (exact) mass is 243 g/mol. The van der Waals surface area contributed by atoms with Crippen LogP contribution >= 0.6 is 0 Å². The van der Waals surface area contributed by atoms with E-state index in [2.05, 4.69) is 31.1 Å². The van der Waals surface area contributed by atoms with Gasteiger partial charge in [-0.25, -0.2) is 0 Å². The highest BCUT2D eigenvalue weighted by Crippen LogP contribution is 2.25. The minimum Gasteiger partial charge on any atom is -0.399 e. The summed E-state index contributed by atoms with van der Waals surface area (Å²) in [7, 11) is 0. The fourth-order valence-corrected chi connectivity index (χ4v) is 2.23. The summed E-state index contributed by atoms with van der Waals surface area (Å²) in [6, 6.07) is 8.38. The first-order valence-electron chi connectivity index (χ1n) is 6.52. The molecule has 0 saturated heterocycles. The zero-order valence-corrected chi connectivity index (χ0v) is 11.3. The number of pyridine rings is 1. The number of nitrogens with zero attached hydrogens (tertiary/aromatic N) is 1. The second kappa shape index (κ2) is 5.25. The van der Waals surface area contributed by atoms with Gasteiger partial charge in [-0.1, -0.05) is 20.8 Å². The third-order valence-electron chi connectivity index (χ3n) is 3.35. The lowest BCUT2D eigenvalue weighted by Crippen LogP contribution is -2.24. The van der Waals surface area contributed by atoms with E-state index in [-0.39, 0.29) is 0 Å². The summed E-state index contributed by atoms with van der Waals surface area (Å²) >= 11 is 0. The third kappa shape index (κ3) is 2.55. The summed E-state index contributed by atoms with van der Waals surface area (Å²) in [5.41, 5.74) is 8.62. The fourth-order valence-electron chi connectivity index (χ4n) is 2.23. The molecule has 1 atom stereocenters. The number of nitrogens with two attached hydrogens (primary N) is 1. The molecule has 0 bridgehead atoms. The largest absolute Gasteiger partial charge is 0.399 e. The van der Waals surface area contributed by atoms with Crippen molar-refractivity contribution >= 4 is 22.3 Å².